The highest BCUT2D eigenvalue weighted by Crippen LogP contribution is 2.33. The zero-order valence-electron chi connectivity index (χ0n) is 12.4. The standard InChI is InChI=1S/C17H32O/c1-2-3-4-5-6-7-8-9-10-11-17(18)15-14-16-12-13-16/h16H,2-15H2,1H3. The molecular weight excluding hydrogens is 220 g/mol. The Morgan fingerprint density at radius 2 is 1.39 bits per heavy atom. The van der Waals surface area contributed by atoms with Crippen LogP contribution in [0, 0.1) is 5.92 Å². The Hall–Kier alpha value is -0.330. The largest absolute Gasteiger partial charge is 0.300 e. The fourth-order valence-electron chi connectivity index (χ4n) is 2.53. The van der Waals surface area contributed by atoms with Crippen molar-refractivity contribution in [3.8, 4) is 0 Å². The Bertz CT molecular complexity index is 206. The van der Waals surface area contributed by atoms with Crippen LogP contribution in [0.25, 0.3) is 0 Å². The second-order valence-electron chi connectivity index (χ2n) is 6.10. The van der Waals surface area contributed by atoms with Crippen molar-refractivity contribution < 1.29 is 4.79 Å². The van der Waals surface area contributed by atoms with Gasteiger partial charge in [0.2, 0.25) is 0 Å². The van der Waals surface area contributed by atoms with E-state index in [0.717, 1.165) is 25.2 Å². The third kappa shape index (κ3) is 9.67. The summed E-state index contributed by atoms with van der Waals surface area (Å²) in [5.74, 6) is 1.43. The molecule has 0 aromatic rings. The molecule has 0 bridgehead atoms. The van der Waals surface area contributed by atoms with Crippen LogP contribution in [0.1, 0.15) is 96.8 Å². The number of ketones is 1. The minimum atomic E-state index is 0.518. The van der Waals surface area contributed by atoms with Crippen LogP contribution in [-0.4, -0.2) is 5.78 Å². The van der Waals surface area contributed by atoms with Gasteiger partial charge in [0, 0.05) is 12.8 Å². The van der Waals surface area contributed by atoms with Gasteiger partial charge in [-0.25, -0.2) is 0 Å². The SMILES string of the molecule is CCCCCCCCCCCC(=O)CCC1CC1. The Morgan fingerprint density at radius 3 is 1.94 bits per heavy atom. The van der Waals surface area contributed by atoms with Crippen LogP contribution in [0.2, 0.25) is 0 Å². The maximum atomic E-state index is 11.6. The number of hydrogen-bond donors (Lipinski definition) is 0. The van der Waals surface area contributed by atoms with Crippen LogP contribution in [0.3, 0.4) is 0 Å². The quantitative estimate of drug-likeness (QED) is 0.386. The van der Waals surface area contributed by atoms with E-state index in [4.69, 9.17) is 0 Å². The van der Waals surface area contributed by atoms with E-state index in [-0.39, 0.29) is 0 Å². The van der Waals surface area contributed by atoms with E-state index in [1.54, 1.807) is 0 Å². The monoisotopic (exact) mass is 252 g/mol. The molecule has 106 valence electrons. The van der Waals surface area contributed by atoms with E-state index < -0.39 is 0 Å². The lowest BCUT2D eigenvalue weighted by atomic mass is 10.0. The molecule has 0 N–H and O–H groups in total. The maximum absolute atomic E-state index is 11.6. The average molecular weight is 252 g/mol. The van der Waals surface area contributed by atoms with Crippen LogP contribution in [-0.2, 0) is 4.79 Å². The number of rotatable bonds is 13. The number of unbranched alkanes of at least 4 members (excludes halogenated alkanes) is 8. The summed E-state index contributed by atoms with van der Waals surface area (Å²) < 4.78 is 0. The molecule has 1 nitrogen and oxygen atoms in total. The highest BCUT2D eigenvalue weighted by atomic mass is 16.1. The first-order chi connectivity index (χ1) is 8.83. The Labute approximate surface area is 114 Å². The fraction of sp³-hybridized carbons (Fsp3) is 0.941. The van der Waals surface area contributed by atoms with E-state index in [0.29, 0.717) is 5.78 Å². The van der Waals surface area contributed by atoms with E-state index in [2.05, 4.69) is 6.92 Å². The predicted octanol–water partition coefficient (Wildman–Crippen LogP) is 5.67. The normalized spacial score (nSPS) is 14.9. The molecule has 1 aliphatic rings. The Balaban J connectivity index is 1.73. The first-order valence-electron chi connectivity index (χ1n) is 8.34. The van der Waals surface area contributed by atoms with Gasteiger partial charge in [-0.3, -0.25) is 4.79 Å². The van der Waals surface area contributed by atoms with Crippen LogP contribution >= 0.6 is 0 Å². The predicted molar refractivity (Wildman–Crippen MR) is 78.8 cm³/mol. The van der Waals surface area contributed by atoms with Crippen LogP contribution in [0.15, 0.2) is 0 Å². The molecule has 0 aromatic carbocycles. The van der Waals surface area contributed by atoms with Crippen molar-refractivity contribution in [1.82, 2.24) is 0 Å². The molecule has 0 aromatic heterocycles. The molecule has 0 aliphatic heterocycles. The molecule has 18 heavy (non-hydrogen) atoms. The van der Waals surface area contributed by atoms with Gasteiger partial charge >= 0.3 is 0 Å². The molecule has 1 rings (SSSR count). The fourth-order valence-corrected chi connectivity index (χ4v) is 2.53. The molecule has 0 spiro atoms. The number of hydrogen-bond acceptors (Lipinski definition) is 1. The summed E-state index contributed by atoms with van der Waals surface area (Å²) in [6.07, 6.45) is 17.7. The van der Waals surface area contributed by atoms with Crippen molar-refractivity contribution in [3.63, 3.8) is 0 Å². The van der Waals surface area contributed by atoms with E-state index in [1.807, 2.05) is 0 Å². The Morgan fingerprint density at radius 1 is 0.833 bits per heavy atom. The number of Topliss-reactive ketones (excluding diaryl/α,β-unsaturated/α-hetero) is 1. The smallest absolute Gasteiger partial charge is 0.132 e. The minimum absolute atomic E-state index is 0.518. The lowest BCUT2D eigenvalue weighted by Gasteiger charge is -2.02. The average Bonchev–Trinajstić information content (AvgIpc) is 3.18. The Kier molecular flexibility index (Phi) is 9.24. The van der Waals surface area contributed by atoms with E-state index in [9.17, 15) is 4.79 Å². The molecule has 1 heteroatoms. The first kappa shape index (κ1) is 15.7. The molecule has 0 saturated heterocycles. The summed E-state index contributed by atoms with van der Waals surface area (Å²) in [7, 11) is 0. The van der Waals surface area contributed by atoms with Gasteiger partial charge in [-0.05, 0) is 18.8 Å². The minimum Gasteiger partial charge on any atom is -0.300 e. The lowest BCUT2D eigenvalue weighted by molar-refractivity contribution is -0.119. The summed E-state index contributed by atoms with van der Waals surface area (Å²) in [5.41, 5.74) is 0. The van der Waals surface area contributed by atoms with Gasteiger partial charge in [-0.1, -0.05) is 71.1 Å². The summed E-state index contributed by atoms with van der Waals surface area (Å²) in [4.78, 5) is 11.6. The van der Waals surface area contributed by atoms with Crippen molar-refractivity contribution in [2.24, 2.45) is 5.92 Å². The second kappa shape index (κ2) is 10.6. The molecule has 1 fully saturated rings. The van der Waals surface area contributed by atoms with Gasteiger partial charge < -0.3 is 0 Å². The van der Waals surface area contributed by atoms with E-state index >= 15 is 0 Å². The van der Waals surface area contributed by atoms with Crippen molar-refractivity contribution >= 4 is 5.78 Å². The van der Waals surface area contributed by atoms with Crippen LogP contribution in [0.4, 0.5) is 0 Å². The maximum Gasteiger partial charge on any atom is 0.132 e. The molecule has 0 amide bonds. The van der Waals surface area contributed by atoms with Crippen molar-refractivity contribution in [1.29, 1.82) is 0 Å². The van der Waals surface area contributed by atoms with E-state index in [1.165, 1.54) is 70.6 Å². The zero-order chi connectivity index (χ0) is 13.1. The molecule has 0 heterocycles. The molecule has 0 radical (unpaired) electrons. The number of carbonyl (C=O) groups is 1. The summed E-state index contributed by atoms with van der Waals surface area (Å²) >= 11 is 0. The summed E-state index contributed by atoms with van der Waals surface area (Å²) in [6.45, 7) is 2.26. The molecule has 1 saturated carbocycles. The van der Waals surface area contributed by atoms with Gasteiger partial charge in [-0.2, -0.15) is 0 Å². The van der Waals surface area contributed by atoms with Gasteiger partial charge in [0.15, 0.2) is 0 Å². The van der Waals surface area contributed by atoms with Gasteiger partial charge in [0.25, 0.3) is 0 Å². The first-order valence-corrected chi connectivity index (χ1v) is 8.34. The summed E-state index contributed by atoms with van der Waals surface area (Å²) in [5, 5.41) is 0. The third-order valence-corrected chi connectivity index (χ3v) is 4.09. The highest BCUT2D eigenvalue weighted by Gasteiger charge is 2.21. The molecule has 0 unspecified atom stereocenters. The zero-order valence-corrected chi connectivity index (χ0v) is 12.4. The molecule has 0 atom stereocenters. The van der Waals surface area contributed by atoms with Gasteiger partial charge in [0.1, 0.15) is 5.78 Å². The third-order valence-electron chi connectivity index (χ3n) is 4.09. The lowest BCUT2D eigenvalue weighted by Crippen LogP contribution is -1.98. The number of carbonyl (C=O) groups excluding carboxylic acids is 1. The highest BCUT2D eigenvalue weighted by molar-refractivity contribution is 5.78. The van der Waals surface area contributed by atoms with Gasteiger partial charge in [0.05, 0.1) is 0 Å². The van der Waals surface area contributed by atoms with Gasteiger partial charge in [-0.15, -0.1) is 0 Å². The second-order valence-corrected chi connectivity index (χ2v) is 6.10. The molecule has 1 aliphatic carbocycles. The van der Waals surface area contributed by atoms with Crippen LogP contribution in [0.5, 0.6) is 0 Å². The summed E-state index contributed by atoms with van der Waals surface area (Å²) in [6, 6.07) is 0. The topological polar surface area (TPSA) is 17.1 Å². The molecular formula is C17H32O. The van der Waals surface area contributed by atoms with Crippen molar-refractivity contribution in [2.75, 3.05) is 0 Å². The van der Waals surface area contributed by atoms with Crippen molar-refractivity contribution in [2.45, 2.75) is 96.8 Å². The van der Waals surface area contributed by atoms with Crippen LogP contribution < -0.4 is 0 Å². The van der Waals surface area contributed by atoms with Crippen molar-refractivity contribution in [3.05, 3.63) is 0 Å².